The predicted molar refractivity (Wildman–Crippen MR) is 64.2 cm³/mol. The quantitative estimate of drug-likeness (QED) is 0.678. The Morgan fingerprint density at radius 1 is 1.32 bits per heavy atom. The van der Waals surface area contributed by atoms with Crippen LogP contribution in [-0.4, -0.2) is 28.9 Å². The zero-order valence-corrected chi connectivity index (χ0v) is 9.94. The number of imidazole rings is 1. The van der Waals surface area contributed by atoms with Crippen LogP contribution in [0.2, 0.25) is 0 Å². The van der Waals surface area contributed by atoms with Crippen molar-refractivity contribution in [2.75, 3.05) is 0 Å². The highest BCUT2D eigenvalue weighted by molar-refractivity contribution is 7.97. The van der Waals surface area contributed by atoms with Gasteiger partial charge in [0.25, 0.3) is 5.56 Å². The highest BCUT2D eigenvalue weighted by atomic mass is 32.2. The van der Waals surface area contributed by atoms with E-state index < -0.39 is 17.1 Å². The average Bonchev–Trinajstić information content (AvgIpc) is 2.78. The van der Waals surface area contributed by atoms with Gasteiger partial charge in [0.05, 0.1) is 12.4 Å². The second kappa shape index (κ2) is 4.31. The lowest BCUT2D eigenvalue weighted by atomic mass is 10.6. The minimum atomic E-state index is -1.06. The molecule has 0 bridgehead atoms. The first-order valence-electron chi connectivity index (χ1n) is 4.99. The lowest BCUT2D eigenvalue weighted by Gasteiger charge is -1.99. The Labute approximate surface area is 107 Å². The number of nitrogens with one attached hydrogen (secondary N) is 2. The molecule has 3 aromatic heterocycles. The van der Waals surface area contributed by atoms with Crippen molar-refractivity contribution in [3.05, 3.63) is 45.4 Å². The van der Waals surface area contributed by atoms with E-state index >= 15 is 0 Å². The highest BCUT2D eigenvalue weighted by Crippen LogP contribution is 2.17. The Balaban J connectivity index is 2.03. The summed E-state index contributed by atoms with van der Waals surface area (Å²) < 4.78 is 14.0. The van der Waals surface area contributed by atoms with E-state index in [-0.39, 0.29) is 0 Å². The summed E-state index contributed by atoms with van der Waals surface area (Å²) in [6.07, 6.45) is 3.66. The fraction of sp³-hybridized carbons (Fsp3) is 0. The number of aromatic amines is 2. The zero-order valence-electron chi connectivity index (χ0n) is 9.12. The lowest BCUT2D eigenvalue weighted by Crippen LogP contribution is -2.28. The minimum Gasteiger partial charge on any atom is -0.329 e. The molecule has 0 aliphatic carbocycles. The van der Waals surface area contributed by atoms with Crippen molar-refractivity contribution in [3.8, 4) is 0 Å². The summed E-state index contributed by atoms with van der Waals surface area (Å²) in [5.74, 6) is -1.05. The molecule has 0 aromatic carbocycles. The van der Waals surface area contributed by atoms with Gasteiger partial charge < -0.3 is 4.98 Å². The lowest BCUT2D eigenvalue weighted by molar-refractivity contribution is 0.593. The molecular formula is C9H5FN6O2S. The Morgan fingerprint density at radius 3 is 2.95 bits per heavy atom. The normalized spacial score (nSPS) is 11.0. The number of rotatable bonds is 2. The summed E-state index contributed by atoms with van der Waals surface area (Å²) in [4.78, 5) is 38.9. The van der Waals surface area contributed by atoms with Crippen LogP contribution >= 0.6 is 11.9 Å². The molecule has 3 aromatic rings. The van der Waals surface area contributed by atoms with Gasteiger partial charge in [0.1, 0.15) is 11.8 Å². The molecule has 0 atom stereocenters. The smallest absolute Gasteiger partial charge is 0.329 e. The van der Waals surface area contributed by atoms with Crippen molar-refractivity contribution in [1.82, 2.24) is 28.9 Å². The third-order valence-electron chi connectivity index (χ3n) is 2.19. The van der Waals surface area contributed by atoms with Crippen LogP contribution in [0, 0.1) is 5.82 Å². The molecule has 3 heterocycles. The highest BCUT2D eigenvalue weighted by Gasteiger charge is 2.09. The number of hydrogen-bond donors (Lipinski definition) is 2. The molecule has 0 radical (unpaired) electrons. The summed E-state index contributed by atoms with van der Waals surface area (Å²) in [5, 5.41) is 0.323. The van der Waals surface area contributed by atoms with Crippen molar-refractivity contribution in [3.63, 3.8) is 0 Å². The van der Waals surface area contributed by atoms with Crippen LogP contribution in [0.3, 0.4) is 0 Å². The zero-order chi connectivity index (χ0) is 13.4. The SMILES string of the molecule is O=c1[nH]c(=O)n(Sc2nc3ncncc3[nH]2)cc1F. The van der Waals surface area contributed by atoms with E-state index in [1.165, 1.54) is 12.5 Å². The predicted octanol–water partition coefficient (Wildman–Crippen LogP) is -0.103. The molecule has 0 saturated carbocycles. The molecule has 8 nitrogen and oxygen atoms in total. The summed E-state index contributed by atoms with van der Waals surface area (Å²) in [6.45, 7) is 0. The summed E-state index contributed by atoms with van der Waals surface area (Å²) >= 11 is 0.822. The average molecular weight is 280 g/mol. The maximum absolute atomic E-state index is 13.1. The molecule has 0 fully saturated rings. The molecule has 3 rings (SSSR count). The third kappa shape index (κ3) is 2.12. The van der Waals surface area contributed by atoms with Crippen LogP contribution in [0.15, 0.2) is 33.5 Å². The Kier molecular flexibility index (Phi) is 2.63. The number of H-pyrrole nitrogens is 2. The third-order valence-corrected chi connectivity index (χ3v) is 3.03. The number of nitrogens with zero attached hydrogens (tertiary/aromatic N) is 4. The Morgan fingerprint density at radius 2 is 2.16 bits per heavy atom. The van der Waals surface area contributed by atoms with E-state index in [4.69, 9.17) is 0 Å². The number of halogens is 1. The molecule has 0 saturated heterocycles. The maximum Gasteiger partial charge on any atom is 0.339 e. The molecule has 0 aliphatic rings. The maximum atomic E-state index is 13.1. The number of hydrogen-bond acceptors (Lipinski definition) is 6. The van der Waals surface area contributed by atoms with Crippen LogP contribution in [0.4, 0.5) is 4.39 Å². The van der Waals surface area contributed by atoms with Gasteiger partial charge in [-0.05, 0) is 0 Å². The van der Waals surface area contributed by atoms with E-state index in [9.17, 15) is 14.0 Å². The molecule has 2 N–H and O–H groups in total. The van der Waals surface area contributed by atoms with E-state index in [0.717, 1.165) is 22.1 Å². The van der Waals surface area contributed by atoms with Gasteiger partial charge in [-0.15, -0.1) is 0 Å². The Bertz CT molecular complexity index is 836. The number of aromatic nitrogens is 6. The largest absolute Gasteiger partial charge is 0.339 e. The topological polar surface area (TPSA) is 109 Å². The molecule has 0 unspecified atom stereocenters. The van der Waals surface area contributed by atoms with Crippen LogP contribution in [0.5, 0.6) is 0 Å². The summed E-state index contributed by atoms with van der Waals surface area (Å²) in [7, 11) is 0. The van der Waals surface area contributed by atoms with E-state index in [2.05, 4.69) is 19.9 Å². The number of fused-ring (bicyclic) bond motifs is 1. The van der Waals surface area contributed by atoms with E-state index in [0.29, 0.717) is 16.3 Å². The molecule has 19 heavy (non-hydrogen) atoms. The minimum absolute atomic E-state index is 0.323. The second-order valence-corrected chi connectivity index (χ2v) is 4.42. The van der Waals surface area contributed by atoms with Crippen molar-refractivity contribution in [2.24, 2.45) is 0 Å². The molecule has 10 heteroatoms. The molecule has 0 spiro atoms. The van der Waals surface area contributed by atoms with Gasteiger partial charge in [0, 0.05) is 11.9 Å². The van der Waals surface area contributed by atoms with Crippen molar-refractivity contribution >= 4 is 23.1 Å². The van der Waals surface area contributed by atoms with E-state index in [1.807, 2.05) is 4.98 Å². The second-order valence-electron chi connectivity index (χ2n) is 3.46. The van der Waals surface area contributed by atoms with Gasteiger partial charge in [0.2, 0.25) is 5.82 Å². The molecule has 0 aliphatic heterocycles. The van der Waals surface area contributed by atoms with Crippen molar-refractivity contribution in [2.45, 2.75) is 5.16 Å². The fourth-order valence-electron chi connectivity index (χ4n) is 1.38. The van der Waals surface area contributed by atoms with Gasteiger partial charge in [-0.3, -0.25) is 9.78 Å². The van der Waals surface area contributed by atoms with Gasteiger partial charge >= 0.3 is 5.69 Å². The van der Waals surface area contributed by atoms with E-state index in [1.54, 1.807) is 0 Å². The summed E-state index contributed by atoms with van der Waals surface area (Å²) in [6, 6.07) is 0. The van der Waals surface area contributed by atoms with Crippen molar-refractivity contribution < 1.29 is 4.39 Å². The van der Waals surface area contributed by atoms with Crippen LogP contribution in [-0.2, 0) is 0 Å². The monoisotopic (exact) mass is 280 g/mol. The van der Waals surface area contributed by atoms with Crippen LogP contribution < -0.4 is 11.2 Å². The first-order chi connectivity index (χ1) is 9.13. The molecular weight excluding hydrogens is 275 g/mol. The molecule has 0 amide bonds. The van der Waals surface area contributed by atoms with Gasteiger partial charge in [-0.1, -0.05) is 0 Å². The van der Waals surface area contributed by atoms with Crippen molar-refractivity contribution in [1.29, 1.82) is 0 Å². The van der Waals surface area contributed by atoms with Crippen LogP contribution in [0.25, 0.3) is 11.2 Å². The first-order valence-corrected chi connectivity index (χ1v) is 5.76. The molecule has 96 valence electrons. The summed E-state index contributed by atoms with van der Waals surface area (Å²) in [5.41, 5.74) is -0.793. The van der Waals surface area contributed by atoms with Gasteiger partial charge in [0.15, 0.2) is 10.8 Å². The standard InChI is InChI=1S/C9H5FN6O2S/c10-4-2-16(9(18)15-7(4)17)19-8-13-5-1-11-3-12-6(5)14-8/h1-3H,(H,15,17,18)(H,11,12,13,14). The van der Waals surface area contributed by atoms with Gasteiger partial charge in [-0.2, -0.15) is 4.39 Å². The first kappa shape index (κ1) is 11.6. The fourth-order valence-corrected chi connectivity index (χ4v) is 2.12. The van der Waals surface area contributed by atoms with Crippen LogP contribution in [0.1, 0.15) is 0 Å². The van der Waals surface area contributed by atoms with Gasteiger partial charge in [-0.25, -0.2) is 23.7 Å². The Hall–Kier alpha value is -2.49.